The molecule has 9 heteroatoms. The van der Waals surface area contributed by atoms with E-state index in [0.29, 0.717) is 31.3 Å². The number of aryl methyl sites for hydroxylation is 1. The molecule has 3 aliphatic rings. The molecule has 0 spiro atoms. The Morgan fingerprint density at radius 2 is 1.82 bits per heavy atom. The number of hydrogen-bond donors (Lipinski definition) is 0. The summed E-state index contributed by atoms with van der Waals surface area (Å²) in [6.45, 7) is 4.26. The Kier molecular flexibility index (Phi) is 4.80. The maximum atomic E-state index is 12.8. The molecule has 0 aromatic carbocycles. The summed E-state index contributed by atoms with van der Waals surface area (Å²) >= 11 is 1.48. The van der Waals surface area contributed by atoms with E-state index in [1.165, 1.54) is 15.9 Å². The normalized spacial score (nSPS) is 21.1. The average Bonchev–Trinajstić information content (AvgIpc) is 3.19. The summed E-state index contributed by atoms with van der Waals surface area (Å²) in [4.78, 5) is 35.0. The number of ether oxygens (including phenoxy) is 1. The lowest BCUT2D eigenvalue weighted by molar-refractivity contribution is -0.140. The Hall–Kier alpha value is -2.00. The van der Waals surface area contributed by atoms with Gasteiger partial charge in [0.1, 0.15) is 0 Å². The second-order valence-corrected chi connectivity index (χ2v) is 8.76. The van der Waals surface area contributed by atoms with Crippen LogP contribution in [0.3, 0.4) is 0 Å². The summed E-state index contributed by atoms with van der Waals surface area (Å²) in [5.41, 5.74) is 1.80. The summed E-state index contributed by atoms with van der Waals surface area (Å²) in [7, 11) is 0. The first kappa shape index (κ1) is 18.1. The van der Waals surface area contributed by atoms with E-state index >= 15 is 0 Å². The van der Waals surface area contributed by atoms with Crippen LogP contribution in [0.1, 0.15) is 36.9 Å². The lowest BCUT2D eigenvalue weighted by Crippen LogP contribution is -2.46. The molecule has 2 aliphatic heterocycles. The molecule has 150 valence electrons. The Morgan fingerprint density at radius 3 is 2.61 bits per heavy atom. The highest BCUT2D eigenvalue weighted by molar-refractivity contribution is 7.20. The first-order valence-electron chi connectivity index (χ1n) is 10.2. The molecule has 0 radical (unpaired) electrons. The van der Waals surface area contributed by atoms with Crippen LogP contribution in [0, 0.1) is 5.92 Å². The van der Waals surface area contributed by atoms with Gasteiger partial charge in [-0.1, -0.05) is 11.3 Å². The van der Waals surface area contributed by atoms with Crippen LogP contribution in [0.25, 0.3) is 4.96 Å². The van der Waals surface area contributed by atoms with Crippen LogP contribution in [0.15, 0.2) is 4.79 Å². The van der Waals surface area contributed by atoms with Gasteiger partial charge in [0, 0.05) is 37.7 Å². The molecule has 28 heavy (non-hydrogen) atoms. The van der Waals surface area contributed by atoms with Gasteiger partial charge in [0.15, 0.2) is 0 Å². The zero-order valence-corrected chi connectivity index (χ0v) is 16.7. The zero-order valence-electron chi connectivity index (χ0n) is 15.9. The lowest BCUT2D eigenvalue weighted by atomic mass is 9.95. The fraction of sp³-hybridized carbons (Fsp3) is 0.684. The van der Waals surface area contributed by atoms with Crippen molar-refractivity contribution in [1.29, 1.82) is 0 Å². The van der Waals surface area contributed by atoms with Crippen molar-refractivity contribution in [2.75, 3.05) is 44.3 Å². The monoisotopic (exact) mass is 403 g/mol. The van der Waals surface area contributed by atoms with Crippen LogP contribution < -0.4 is 10.5 Å². The second-order valence-electron chi connectivity index (χ2n) is 7.83. The maximum absolute atomic E-state index is 12.8. The molecule has 4 heterocycles. The molecule has 2 aromatic rings. The first-order valence-corrected chi connectivity index (χ1v) is 11.1. The predicted molar refractivity (Wildman–Crippen MR) is 106 cm³/mol. The van der Waals surface area contributed by atoms with Crippen LogP contribution in [-0.4, -0.2) is 64.8 Å². The van der Waals surface area contributed by atoms with Crippen molar-refractivity contribution in [3.05, 3.63) is 21.6 Å². The molecular formula is C19H25N5O3S. The smallest absolute Gasteiger partial charge is 0.278 e. The van der Waals surface area contributed by atoms with Gasteiger partial charge in [0.05, 0.1) is 18.9 Å². The quantitative estimate of drug-likeness (QED) is 0.747. The Bertz CT molecular complexity index is 941. The molecule has 1 aliphatic carbocycles. The molecule has 0 bridgehead atoms. The minimum absolute atomic E-state index is 0.000388. The van der Waals surface area contributed by atoms with Gasteiger partial charge in [-0.2, -0.15) is 4.52 Å². The Balaban J connectivity index is 1.31. The van der Waals surface area contributed by atoms with Gasteiger partial charge in [0.2, 0.25) is 16.0 Å². The van der Waals surface area contributed by atoms with Crippen LogP contribution in [0.5, 0.6) is 0 Å². The third kappa shape index (κ3) is 3.20. The number of carbonyl (C=O) groups excluding carboxylic acids is 1. The molecule has 1 amide bonds. The number of morpholine rings is 1. The van der Waals surface area contributed by atoms with Crippen molar-refractivity contribution in [3.63, 3.8) is 0 Å². The average molecular weight is 404 g/mol. The van der Waals surface area contributed by atoms with Gasteiger partial charge >= 0.3 is 0 Å². The van der Waals surface area contributed by atoms with E-state index in [0.717, 1.165) is 68.0 Å². The highest BCUT2D eigenvalue weighted by atomic mass is 32.1. The van der Waals surface area contributed by atoms with Gasteiger partial charge in [-0.25, -0.2) is 4.98 Å². The SMILES string of the molecule is O=C(C1CCN(c2nn3c(=O)c4c(nc3s2)CCCC4)CC1)N1CCOCC1. The van der Waals surface area contributed by atoms with Crippen molar-refractivity contribution in [3.8, 4) is 0 Å². The van der Waals surface area contributed by atoms with Crippen LogP contribution >= 0.6 is 11.3 Å². The van der Waals surface area contributed by atoms with E-state index < -0.39 is 0 Å². The largest absolute Gasteiger partial charge is 0.378 e. The van der Waals surface area contributed by atoms with Gasteiger partial charge in [-0.15, -0.1) is 5.10 Å². The van der Waals surface area contributed by atoms with E-state index in [1.807, 2.05) is 4.90 Å². The summed E-state index contributed by atoms with van der Waals surface area (Å²) in [6, 6.07) is 0. The fourth-order valence-electron chi connectivity index (χ4n) is 4.45. The van der Waals surface area contributed by atoms with Gasteiger partial charge < -0.3 is 14.5 Å². The van der Waals surface area contributed by atoms with E-state index in [1.54, 1.807) is 0 Å². The minimum Gasteiger partial charge on any atom is -0.378 e. The molecule has 0 atom stereocenters. The van der Waals surface area contributed by atoms with Crippen molar-refractivity contribution < 1.29 is 9.53 Å². The number of piperidine rings is 1. The second kappa shape index (κ2) is 7.44. The highest BCUT2D eigenvalue weighted by Gasteiger charge is 2.30. The summed E-state index contributed by atoms with van der Waals surface area (Å²) in [5, 5.41) is 5.42. The van der Waals surface area contributed by atoms with Crippen molar-refractivity contribution in [2.24, 2.45) is 5.92 Å². The van der Waals surface area contributed by atoms with E-state index in [9.17, 15) is 9.59 Å². The number of hydrogen-bond acceptors (Lipinski definition) is 7. The standard InChI is InChI=1S/C19H25N5O3S/c25-16(22-9-11-27-12-10-22)13-5-7-23(8-6-13)19-21-24-17(26)14-3-1-2-4-15(14)20-18(24)28-19/h13H,1-12H2. The minimum atomic E-state index is -0.000388. The predicted octanol–water partition coefficient (Wildman–Crippen LogP) is 1.11. The number of fused-ring (bicyclic) bond motifs is 2. The number of carbonyl (C=O) groups is 1. The Labute approximate surface area is 167 Å². The molecule has 0 saturated carbocycles. The van der Waals surface area contributed by atoms with Crippen LogP contribution in [-0.2, 0) is 22.4 Å². The van der Waals surface area contributed by atoms with E-state index in [-0.39, 0.29) is 17.4 Å². The molecule has 0 N–H and O–H groups in total. The molecule has 5 rings (SSSR count). The molecule has 0 unspecified atom stereocenters. The number of nitrogens with zero attached hydrogens (tertiary/aromatic N) is 5. The number of anilines is 1. The third-order valence-electron chi connectivity index (χ3n) is 6.11. The molecular weight excluding hydrogens is 378 g/mol. The topological polar surface area (TPSA) is 80.0 Å². The number of rotatable bonds is 2. The van der Waals surface area contributed by atoms with Gasteiger partial charge in [0.25, 0.3) is 5.56 Å². The number of aromatic nitrogens is 3. The molecule has 2 fully saturated rings. The van der Waals surface area contributed by atoms with E-state index in [2.05, 4.69) is 10.00 Å². The molecule has 8 nitrogen and oxygen atoms in total. The van der Waals surface area contributed by atoms with Gasteiger partial charge in [-0.05, 0) is 38.5 Å². The van der Waals surface area contributed by atoms with Crippen LogP contribution in [0.4, 0.5) is 5.13 Å². The van der Waals surface area contributed by atoms with Crippen LogP contribution in [0.2, 0.25) is 0 Å². The fourth-order valence-corrected chi connectivity index (χ4v) is 5.41. The maximum Gasteiger partial charge on any atom is 0.278 e. The van der Waals surface area contributed by atoms with Crippen molar-refractivity contribution >= 4 is 27.3 Å². The first-order chi connectivity index (χ1) is 13.7. The van der Waals surface area contributed by atoms with Crippen molar-refractivity contribution in [1.82, 2.24) is 19.5 Å². The third-order valence-corrected chi connectivity index (χ3v) is 7.08. The van der Waals surface area contributed by atoms with Gasteiger partial charge in [-0.3, -0.25) is 9.59 Å². The summed E-state index contributed by atoms with van der Waals surface area (Å²) in [5.74, 6) is 0.342. The summed E-state index contributed by atoms with van der Waals surface area (Å²) in [6.07, 6.45) is 5.51. The lowest BCUT2D eigenvalue weighted by Gasteiger charge is -2.35. The Morgan fingerprint density at radius 1 is 1.07 bits per heavy atom. The highest BCUT2D eigenvalue weighted by Crippen LogP contribution is 2.28. The molecule has 2 aromatic heterocycles. The summed E-state index contributed by atoms with van der Waals surface area (Å²) < 4.78 is 6.83. The van der Waals surface area contributed by atoms with E-state index in [4.69, 9.17) is 9.72 Å². The number of amides is 1. The van der Waals surface area contributed by atoms with Crippen molar-refractivity contribution in [2.45, 2.75) is 38.5 Å². The molecule has 2 saturated heterocycles. The zero-order chi connectivity index (χ0) is 19.1.